The lowest BCUT2D eigenvalue weighted by Crippen LogP contribution is -2.05. The van der Waals surface area contributed by atoms with Gasteiger partial charge < -0.3 is 4.74 Å². The molecule has 5 rings (SSSR count). The second-order valence-corrected chi connectivity index (χ2v) is 11.2. The number of benzene rings is 5. The maximum absolute atomic E-state index is 6.04. The summed E-state index contributed by atoms with van der Waals surface area (Å²) in [5.41, 5.74) is 9.33. The van der Waals surface area contributed by atoms with Gasteiger partial charge in [0.1, 0.15) is 5.75 Å². The van der Waals surface area contributed by atoms with Crippen molar-refractivity contribution in [1.29, 1.82) is 0 Å². The Kier molecular flexibility index (Phi) is 6.82. The fourth-order valence-corrected chi connectivity index (χ4v) is 5.76. The molecule has 0 aromatic heterocycles. The van der Waals surface area contributed by atoms with Gasteiger partial charge in [-0.1, -0.05) is 88.4 Å². The lowest BCUT2D eigenvalue weighted by molar-refractivity contribution is 0.242. The van der Waals surface area contributed by atoms with Crippen LogP contribution in [0.15, 0.2) is 84.9 Å². The van der Waals surface area contributed by atoms with Crippen molar-refractivity contribution in [1.82, 2.24) is 0 Å². The molecule has 1 heteroatoms. The Morgan fingerprint density at radius 1 is 0.568 bits per heavy atom. The predicted octanol–water partition coefficient (Wildman–Crippen LogP) is 10.7. The van der Waals surface area contributed by atoms with Crippen molar-refractivity contribution in [3.8, 4) is 28.0 Å². The highest BCUT2D eigenvalue weighted by atomic mass is 16.5. The first kappa shape index (κ1) is 25.1. The van der Waals surface area contributed by atoms with E-state index in [1.54, 1.807) is 0 Å². The SMILES string of the molecule is Cc1cc(OC(C)C)ccc1-c1c(-c2cccc(C(C)C)c2C(C)C)ccc2cc3ccccc3cc12. The molecule has 188 valence electrons. The molecule has 0 atom stereocenters. The second kappa shape index (κ2) is 10.1. The van der Waals surface area contributed by atoms with Crippen molar-refractivity contribution in [2.75, 3.05) is 0 Å². The molecule has 5 aromatic rings. The molecule has 0 saturated carbocycles. The van der Waals surface area contributed by atoms with Crippen molar-refractivity contribution in [3.05, 3.63) is 102 Å². The third kappa shape index (κ3) is 4.76. The minimum absolute atomic E-state index is 0.150. The minimum atomic E-state index is 0.150. The van der Waals surface area contributed by atoms with E-state index in [4.69, 9.17) is 4.74 Å². The first-order chi connectivity index (χ1) is 17.7. The number of fused-ring (bicyclic) bond motifs is 2. The molecule has 0 fully saturated rings. The van der Waals surface area contributed by atoms with Crippen LogP contribution in [-0.2, 0) is 0 Å². The smallest absolute Gasteiger partial charge is 0.119 e. The normalized spacial score (nSPS) is 11.8. The summed E-state index contributed by atoms with van der Waals surface area (Å²) in [6, 6.07) is 31.4. The zero-order valence-electron chi connectivity index (χ0n) is 23.2. The summed E-state index contributed by atoms with van der Waals surface area (Å²) in [7, 11) is 0. The molecule has 0 bridgehead atoms. The zero-order chi connectivity index (χ0) is 26.3. The largest absolute Gasteiger partial charge is 0.491 e. The molecule has 0 aliphatic rings. The number of hydrogen-bond acceptors (Lipinski definition) is 1. The molecule has 0 spiro atoms. The van der Waals surface area contributed by atoms with Crippen molar-refractivity contribution in [2.24, 2.45) is 0 Å². The van der Waals surface area contributed by atoms with Crippen LogP contribution in [0.4, 0.5) is 0 Å². The fraction of sp³-hybridized carbons (Fsp3) is 0.278. The van der Waals surface area contributed by atoms with E-state index >= 15 is 0 Å². The van der Waals surface area contributed by atoms with Crippen LogP contribution in [0.5, 0.6) is 5.75 Å². The Labute approximate surface area is 222 Å². The first-order valence-electron chi connectivity index (χ1n) is 13.6. The van der Waals surface area contributed by atoms with E-state index in [2.05, 4.69) is 133 Å². The van der Waals surface area contributed by atoms with E-state index in [1.807, 2.05) is 0 Å². The fourth-order valence-electron chi connectivity index (χ4n) is 5.76. The molecule has 5 aromatic carbocycles. The molecule has 0 heterocycles. The second-order valence-electron chi connectivity index (χ2n) is 11.2. The molecule has 1 nitrogen and oxygen atoms in total. The van der Waals surface area contributed by atoms with Gasteiger partial charge in [-0.15, -0.1) is 0 Å². The molecular formula is C36H38O. The highest BCUT2D eigenvalue weighted by molar-refractivity contribution is 6.10. The highest BCUT2D eigenvalue weighted by Gasteiger charge is 2.21. The number of hydrogen-bond donors (Lipinski definition) is 0. The van der Waals surface area contributed by atoms with Crippen LogP contribution in [0.2, 0.25) is 0 Å². The Balaban J connectivity index is 1.88. The van der Waals surface area contributed by atoms with Gasteiger partial charge in [-0.05, 0) is 117 Å². The van der Waals surface area contributed by atoms with Gasteiger partial charge in [-0.2, -0.15) is 0 Å². The van der Waals surface area contributed by atoms with Gasteiger partial charge in [0.05, 0.1) is 6.10 Å². The highest BCUT2D eigenvalue weighted by Crippen LogP contribution is 2.45. The van der Waals surface area contributed by atoms with Gasteiger partial charge in [0, 0.05) is 0 Å². The quantitative estimate of drug-likeness (QED) is 0.217. The Bertz CT molecular complexity index is 1590. The van der Waals surface area contributed by atoms with E-state index in [0.29, 0.717) is 11.8 Å². The molecule has 0 saturated heterocycles. The average molecular weight is 487 g/mol. The van der Waals surface area contributed by atoms with E-state index < -0.39 is 0 Å². The maximum atomic E-state index is 6.04. The molecule has 0 aliphatic heterocycles. The summed E-state index contributed by atoms with van der Waals surface area (Å²) >= 11 is 0. The summed E-state index contributed by atoms with van der Waals surface area (Å²) in [6.07, 6.45) is 0.150. The van der Waals surface area contributed by atoms with Crippen LogP contribution in [0.3, 0.4) is 0 Å². The monoisotopic (exact) mass is 486 g/mol. The van der Waals surface area contributed by atoms with Gasteiger partial charge in [0.2, 0.25) is 0 Å². The Morgan fingerprint density at radius 2 is 1.27 bits per heavy atom. The molecule has 0 amide bonds. The predicted molar refractivity (Wildman–Crippen MR) is 161 cm³/mol. The molecule has 37 heavy (non-hydrogen) atoms. The zero-order valence-corrected chi connectivity index (χ0v) is 23.2. The summed E-state index contributed by atoms with van der Waals surface area (Å²) < 4.78 is 6.04. The van der Waals surface area contributed by atoms with Gasteiger partial charge in [0.15, 0.2) is 0 Å². The number of ether oxygens (including phenoxy) is 1. The average Bonchev–Trinajstić information content (AvgIpc) is 2.86. The van der Waals surface area contributed by atoms with E-state index in [9.17, 15) is 0 Å². The van der Waals surface area contributed by atoms with Gasteiger partial charge >= 0.3 is 0 Å². The van der Waals surface area contributed by atoms with E-state index in [0.717, 1.165) is 5.75 Å². The Morgan fingerprint density at radius 3 is 1.92 bits per heavy atom. The van der Waals surface area contributed by atoms with Crippen molar-refractivity contribution in [3.63, 3.8) is 0 Å². The summed E-state index contributed by atoms with van der Waals surface area (Å²) in [5.74, 6) is 1.82. The van der Waals surface area contributed by atoms with Crippen molar-refractivity contribution < 1.29 is 4.74 Å². The lowest BCUT2D eigenvalue weighted by Gasteiger charge is -2.24. The van der Waals surface area contributed by atoms with Gasteiger partial charge in [-0.25, -0.2) is 0 Å². The maximum Gasteiger partial charge on any atom is 0.119 e. The van der Waals surface area contributed by atoms with Crippen LogP contribution in [-0.4, -0.2) is 6.10 Å². The van der Waals surface area contributed by atoms with Crippen LogP contribution in [0.25, 0.3) is 43.8 Å². The number of rotatable bonds is 6. The lowest BCUT2D eigenvalue weighted by atomic mass is 9.81. The number of aryl methyl sites for hydroxylation is 1. The van der Waals surface area contributed by atoms with Gasteiger partial charge in [-0.3, -0.25) is 0 Å². The van der Waals surface area contributed by atoms with Crippen molar-refractivity contribution >= 4 is 21.5 Å². The molecular weight excluding hydrogens is 448 g/mol. The molecule has 0 N–H and O–H groups in total. The Hall–Kier alpha value is -3.58. The van der Waals surface area contributed by atoms with Crippen LogP contribution >= 0.6 is 0 Å². The van der Waals surface area contributed by atoms with Crippen molar-refractivity contribution in [2.45, 2.75) is 66.4 Å². The summed E-state index contributed by atoms with van der Waals surface area (Å²) in [5, 5.41) is 5.11. The van der Waals surface area contributed by atoms with Crippen LogP contribution in [0, 0.1) is 6.92 Å². The first-order valence-corrected chi connectivity index (χ1v) is 13.6. The molecule has 0 aliphatic carbocycles. The standard InChI is InChI=1S/C36H38O/c1-22(2)30-13-10-14-32(35(30)23(3)4)33-17-15-28-20-26-11-8-9-12-27(26)21-34(28)36(33)31-18-16-29(19-25(31)7)37-24(5)6/h8-24H,1-7H3. The van der Waals surface area contributed by atoms with Crippen LogP contribution in [0.1, 0.15) is 70.1 Å². The molecule has 0 unspecified atom stereocenters. The van der Waals surface area contributed by atoms with Crippen LogP contribution < -0.4 is 4.74 Å². The summed E-state index contributed by atoms with van der Waals surface area (Å²) in [4.78, 5) is 0. The van der Waals surface area contributed by atoms with Gasteiger partial charge in [0.25, 0.3) is 0 Å². The summed E-state index contributed by atoms with van der Waals surface area (Å²) in [6.45, 7) is 15.6. The molecule has 0 radical (unpaired) electrons. The third-order valence-electron chi connectivity index (χ3n) is 7.35. The minimum Gasteiger partial charge on any atom is -0.491 e. The third-order valence-corrected chi connectivity index (χ3v) is 7.35. The topological polar surface area (TPSA) is 9.23 Å². The van der Waals surface area contributed by atoms with E-state index in [1.165, 1.54) is 60.5 Å². The van der Waals surface area contributed by atoms with E-state index in [-0.39, 0.29) is 6.10 Å².